The molecule has 1 aromatic carbocycles. The number of phenols is 1. The van der Waals surface area contributed by atoms with E-state index in [1.807, 2.05) is 12.1 Å². The van der Waals surface area contributed by atoms with E-state index in [2.05, 4.69) is 17.2 Å². The average Bonchev–Trinajstić information content (AvgIpc) is 2.36. The van der Waals surface area contributed by atoms with E-state index in [4.69, 9.17) is 5.73 Å². The Kier molecular flexibility index (Phi) is 3.99. The summed E-state index contributed by atoms with van der Waals surface area (Å²) in [5.74, 6) is 1.02. The first-order valence-electron chi connectivity index (χ1n) is 6.28. The molecule has 0 aliphatic carbocycles. The van der Waals surface area contributed by atoms with Crippen LogP contribution in [0.25, 0.3) is 10.8 Å². The fourth-order valence-corrected chi connectivity index (χ4v) is 2.00. The van der Waals surface area contributed by atoms with Gasteiger partial charge in [0.1, 0.15) is 11.6 Å². The van der Waals surface area contributed by atoms with Crippen molar-refractivity contribution in [3.05, 3.63) is 30.5 Å². The Hall–Kier alpha value is -1.81. The van der Waals surface area contributed by atoms with Gasteiger partial charge < -0.3 is 16.2 Å². The molecule has 0 saturated carbocycles. The maximum Gasteiger partial charge on any atom is 0.134 e. The zero-order valence-corrected chi connectivity index (χ0v) is 10.6. The van der Waals surface area contributed by atoms with Crippen molar-refractivity contribution >= 4 is 16.6 Å². The van der Waals surface area contributed by atoms with Gasteiger partial charge in [0.15, 0.2) is 0 Å². The van der Waals surface area contributed by atoms with Gasteiger partial charge in [0.05, 0.1) is 0 Å². The van der Waals surface area contributed by atoms with E-state index in [1.165, 1.54) is 0 Å². The SMILES string of the molecule is CCCC(N)CNc1nccc2ccc(O)cc12. The van der Waals surface area contributed by atoms with Gasteiger partial charge in [0.2, 0.25) is 0 Å². The number of nitrogens with zero attached hydrogens (tertiary/aromatic N) is 1. The molecule has 0 saturated heterocycles. The number of hydrogen-bond acceptors (Lipinski definition) is 4. The van der Waals surface area contributed by atoms with Crippen molar-refractivity contribution in [3.8, 4) is 5.75 Å². The van der Waals surface area contributed by atoms with Crippen LogP contribution in [0.1, 0.15) is 19.8 Å². The molecule has 0 radical (unpaired) electrons. The maximum atomic E-state index is 9.54. The highest BCUT2D eigenvalue weighted by molar-refractivity contribution is 5.92. The first-order chi connectivity index (χ1) is 8.70. The van der Waals surface area contributed by atoms with Gasteiger partial charge in [0, 0.05) is 24.2 Å². The van der Waals surface area contributed by atoms with Crippen LogP contribution in [0.4, 0.5) is 5.82 Å². The molecule has 0 fully saturated rings. The van der Waals surface area contributed by atoms with Crippen molar-refractivity contribution in [3.63, 3.8) is 0 Å². The molecule has 96 valence electrons. The van der Waals surface area contributed by atoms with Crippen LogP contribution < -0.4 is 11.1 Å². The summed E-state index contributed by atoms with van der Waals surface area (Å²) >= 11 is 0. The van der Waals surface area contributed by atoms with E-state index in [1.54, 1.807) is 18.3 Å². The number of phenolic OH excluding ortho intramolecular Hbond substituents is 1. The summed E-state index contributed by atoms with van der Waals surface area (Å²) in [5, 5.41) is 14.8. The summed E-state index contributed by atoms with van der Waals surface area (Å²) in [6, 6.07) is 7.32. The highest BCUT2D eigenvalue weighted by Crippen LogP contribution is 2.24. The summed E-state index contributed by atoms with van der Waals surface area (Å²) in [6.45, 7) is 2.81. The van der Waals surface area contributed by atoms with Crippen LogP contribution >= 0.6 is 0 Å². The van der Waals surface area contributed by atoms with Gasteiger partial charge in [-0.25, -0.2) is 4.98 Å². The highest BCUT2D eigenvalue weighted by Gasteiger charge is 2.05. The number of pyridine rings is 1. The predicted molar refractivity (Wildman–Crippen MR) is 74.8 cm³/mol. The van der Waals surface area contributed by atoms with E-state index < -0.39 is 0 Å². The molecule has 4 heteroatoms. The molecule has 0 spiro atoms. The zero-order valence-electron chi connectivity index (χ0n) is 10.6. The third-order valence-corrected chi connectivity index (χ3v) is 2.94. The molecular weight excluding hydrogens is 226 g/mol. The van der Waals surface area contributed by atoms with E-state index in [-0.39, 0.29) is 11.8 Å². The fourth-order valence-electron chi connectivity index (χ4n) is 2.00. The molecule has 4 N–H and O–H groups in total. The number of nitrogens with one attached hydrogen (secondary N) is 1. The van der Waals surface area contributed by atoms with Gasteiger partial charge in [-0.1, -0.05) is 19.4 Å². The molecule has 4 nitrogen and oxygen atoms in total. The second kappa shape index (κ2) is 5.69. The molecule has 1 aromatic heterocycles. The predicted octanol–water partition coefficient (Wildman–Crippen LogP) is 2.48. The molecule has 1 atom stereocenters. The number of rotatable bonds is 5. The second-order valence-electron chi connectivity index (χ2n) is 4.49. The molecule has 0 aliphatic rings. The largest absolute Gasteiger partial charge is 0.508 e. The third-order valence-electron chi connectivity index (χ3n) is 2.94. The zero-order chi connectivity index (χ0) is 13.0. The number of anilines is 1. The van der Waals surface area contributed by atoms with Crippen LogP contribution in [0.2, 0.25) is 0 Å². The Morgan fingerprint density at radius 1 is 1.39 bits per heavy atom. The number of aromatic nitrogens is 1. The summed E-state index contributed by atoms with van der Waals surface area (Å²) in [6.07, 6.45) is 3.82. The maximum absolute atomic E-state index is 9.54. The van der Waals surface area contributed by atoms with Crippen molar-refractivity contribution < 1.29 is 5.11 Å². The molecule has 2 rings (SSSR count). The Labute approximate surface area is 107 Å². The van der Waals surface area contributed by atoms with Crippen molar-refractivity contribution in [2.45, 2.75) is 25.8 Å². The average molecular weight is 245 g/mol. The number of aromatic hydroxyl groups is 1. The van der Waals surface area contributed by atoms with Crippen LogP contribution in [-0.4, -0.2) is 22.7 Å². The lowest BCUT2D eigenvalue weighted by Gasteiger charge is -2.13. The minimum atomic E-state index is 0.129. The summed E-state index contributed by atoms with van der Waals surface area (Å²) in [4.78, 5) is 4.30. The van der Waals surface area contributed by atoms with Gasteiger partial charge in [-0.2, -0.15) is 0 Å². The van der Waals surface area contributed by atoms with Crippen molar-refractivity contribution in [2.24, 2.45) is 5.73 Å². The molecule has 1 heterocycles. The second-order valence-corrected chi connectivity index (χ2v) is 4.49. The number of fused-ring (bicyclic) bond motifs is 1. The number of hydrogen-bond donors (Lipinski definition) is 3. The van der Waals surface area contributed by atoms with Crippen LogP contribution in [-0.2, 0) is 0 Å². The molecule has 18 heavy (non-hydrogen) atoms. The van der Waals surface area contributed by atoms with Gasteiger partial charge in [-0.05, 0) is 30.0 Å². The minimum Gasteiger partial charge on any atom is -0.508 e. The van der Waals surface area contributed by atoms with Crippen molar-refractivity contribution in [1.29, 1.82) is 0 Å². The molecule has 0 aliphatic heterocycles. The lowest BCUT2D eigenvalue weighted by atomic mass is 10.1. The first-order valence-corrected chi connectivity index (χ1v) is 6.28. The smallest absolute Gasteiger partial charge is 0.134 e. The van der Waals surface area contributed by atoms with Crippen LogP contribution in [0.15, 0.2) is 30.5 Å². The van der Waals surface area contributed by atoms with E-state index >= 15 is 0 Å². The van der Waals surface area contributed by atoms with Gasteiger partial charge in [0.25, 0.3) is 0 Å². The summed E-state index contributed by atoms with van der Waals surface area (Å²) in [5.41, 5.74) is 5.97. The topological polar surface area (TPSA) is 71.2 Å². The lowest BCUT2D eigenvalue weighted by molar-refractivity contribution is 0.476. The Morgan fingerprint density at radius 2 is 2.22 bits per heavy atom. The van der Waals surface area contributed by atoms with Crippen LogP contribution in [0.5, 0.6) is 5.75 Å². The number of nitrogens with two attached hydrogens (primary N) is 1. The van der Waals surface area contributed by atoms with Crippen LogP contribution in [0.3, 0.4) is 0 Å². The van der Waals surface area contributed by atoms with E-state index in [0.717, 1.165) is 29.4 Å². The number of benzene rings is 1. The van der Waals surface area contributed by atoms with E-state index in [9.17, 15) is 5.11 Å². The summed E-state index contributed by atoms with van der Waals surface area (Å²) in [7, 11) is 0. The standard InChI is InChI=1S/C14H19N3O/c1-2-3-11(15)9-17-14-13-8-12(18)5-4-10(13)6-7-16-14/h4-8,11,18H,2-3,9,15H2,1H3,(H,16,17). The van der Waals surface area contributed by atoms with Crippen molar-refractivity contribution in [2.75, 3.05) is 11.9 Å². The highest BCUT2D eigenvalue weighted by atomic mass is 16.3. The van der Waals surface area contributed by atoms with Crippen molar-refractivity contribution in [1.82, 2.24) is 4.98 Å². The quantitative estimate of drug-likeness (QED) is 0.756. The minimum absolute atomic E-state index is 0.129. The monoisotopic (exact) mass is 245 g/mol. The Morgan fingerprint density at radius 3 is 3.00 bits per heavy atom. The lowest BCUT2D eigenvalue weighted by Crippen LogP contribution is -2.29. The molecular formula is C14H19N3O. The third kappa shape index (κ3) is 2.90. The van der Waals surface area contributed by atoms with Gasteiger partial charge in [-0.15, -0.1) is 0 Å². The molecule has 1 unspecified atom stereocenters. The Balaban J connectivity index is 2.19. The summed E-state index contributed by atoms with van der Waals surface area (Å²) < 4.78 is 0. The van der Waals surface area contributed by atoms with E-state index in [0.29, 0.717) is 6.54 Å². The van der Waals surface area contributed by atoms with Crippen LogP contribution in [0, 0.1) is 0 Å². The van der Waals surface area contributed by atoms with Gasteiger partial charge >= 0.3 is 0 Å². The first kappa shape index (κ1) is 12.6. The Bertz CT molecular complexity index is 527. The molecule has 0 bridgehead atoms. The molecule has 0 amide bonds. The van der Waals surface area contributed by atoms with Gasteiger partial charge in [-0.3, -0.25) is 0 Å². The fraction of sp³-hybridized carbons (Fsp3) is 0.357. The normalized spacial score (nSPS) is 12.6. The molecule has 2 aromatic rings.